The van der Waals surface area contributed by atoms with Gasteiger partial charge in [-0.05, 0) is 18.9 Å². The average Bonchev–Trinajstić information content (AvgIpc) is 2.76. The van der Waals surface area contributed by atoms with Crippen LogP contribution in [0.2, 0.25) is 0 Å². The van der Waals surface area contributed by atoms with Gasteiger partial charge < -0.3 is 9.64 Å². The molecule has 2 rings (SSSR count). The fourth-order valence-electron chi connectivity index (χ4n) is 1.79. The summed E-state index contributed by atoms with van der Waals surface area (Å²) >= 11 is 0. The third-order valence-corrected chi connectivity index (χ3v) is 2.61. The molecule has 17 heavy (non-hydrogen) atoms. The SMILES string of the molecule is CCOC(=O)N1CCC=C(c2cnn(C)n2)C1. The molecule has 6 nitrogen and oxygen atoms in total. The first-order valence-electron chi connectivity index (χ1n) is 5.68. The van der Waals surface area contributed by atoms with Crippen LogP contribution in [0.5, 0.6) is 0 Å². The zero-order valence-electron chi connectivity index (χ0n) is 10.1. The minimum absolute atomic E-state index is 0.262. The Morgan fingerprint density at radius 1 is 1.59 bits per heavy atom. The summed E-state index contributed by atoms with van der Waals surface area (Å²) in [5, 5.41) is 8.26. The number of rotatable bonds is 2. The lowest BCUT2D eigenvalue weighted by Gasteiger charge is -2.25. The van der Waals surface area contributed by atoms with Crippen molar-refractivity contribution < 1.29 is 9.53 Å². The Balaban J connectivity index is 2.06. The van der Waals surface area contributed by atoms with Crippen molar-refractivity contribution in [3.05, 3.63) is 18.0 Å². The number of hydrogen-bond donors (Lipinski definition) is 0. The number of aromatic nitrogens is 3. The van der Waals surface area contributed by atoms with Gasteiger partial charge in [-0.25, -0.2) is 4.79 Å². The molecular weight excluding hydrogens is 220 g/mol. The van der Waals surface area contributed by atoms with Gasteiger partial charge in [0.2, 0.25) is 0 Å². The zero-order chi connectivity index (χ0) is 12.3. The van der Waals surface area contributed by atoms with Crippen molar-refractivity contribution in [2.24, 2.45) is 7.05 Å². The van der Waals surface area contributed by atoms with Crippen LogP contribution in [0.25, 0.3) is 5.57 Å². The van der Waals surface area contributed by atoms with Gasteiger partial charge >= 0.3 is 6.09 Å². The molecule has 0 unspecified atom stereocenters. The largest absolute Gasteiger partial charge is 0.450 e. The van der Waals surface area contributed by atoms with Crippen LogP contribution >= 0.6 is 0 Å². The Morgan fingerprint density at radius 3 is 3.06 bits per heavy atom. The van der Waals surface area contributed by atoms with Crippen LogP contribution in [0.1, 0.15) is 19.0 Å². The molecule has 0 aromatic carbocycles. The lowest BCUT2D eigenvalue weighted by molar-refractivity contribution is 0.111. The van der Waals surface area contributed by atoms with E-state index < -0.39 is 0 Å². The van der Waals surface area contributed by atoms with Crippen LogP contribution in [0.15, 0.2) is 12.3 Å². The third kappa shape index (κ3) is 2.64. The first-order chi connectivity index (χ1) is 8.20. The molecule has 0 radical (unpaired) electrons. The number of nitrogens with zero attached hydrogens (tertiary/aromatic N) is 4. The number of amides is 1. The molecule has 1 aliphatic heterocycles. The maximum absolute atomic E-state index is 11.6. The lowest BCUT2D eigenvalue weighted by atomic mass is 10.1. The third-order valence-electron chi connectivity index (χ3n) is 2.61. The number of carbonyl (C=O) groups excluding carboxylic acids is 1. The van der Waals surface area contributed by atoms with E-state index in [-0.39, 0.29) is 6.09 Å². The summed E-state index contributed by atoms with van der Waals surface area (Å²) in [4.78, 5) is 14.8. The first kappa shape index (κ1) is 11.6. The molecule has 0 aliphatic carbocycles. The Hall–Kier alpha value is -1.85. The van der Waals surface area contributed by atoms with Crippen molar-refractivity contribution in [3.8, 4) is 0 Å². The van der Waals surface area contributed by atoms with Crippen LogP contribution in [0, 0.1) is 0 Å². The van der Waals surface area contributed by atoms with Crippen LogP contribution in [0.3, 0.4) is 0 Å². The van der Waals surface area contributed by atoms with E-state index in [1.807, 2.05) is 0 Å². The molecule has 0 N–H and O–H groups in total. The minimum atomic E-state index is -0.262. The fraction of sp³-hybridized carbons (Fsp3) is 0.545. The molecule has 1 aromatic rings. The van der Waals surface area contributed by atoms with Gasteiger partial charge in [0, 0.05) is 13.6 Å². The zero-order valence-corrected chi connectivity index (χ0v) is 10.1. The van der Waals surface area contributed by atoms with Gasteiger partial charge in [-0.1, -0.05) is 6.08 Å². The topological polar surface area (TPSA) is 60.2 Å². The number of carbonyl (C=O) groups is 1. The summed E-state index contributed by atoms with van der Waals surface area (Å²) in [6.45, 7) is 3.45. The quantitative estimate of drug-likeness (QED) is 0.770. The molecule has 0 spiro atoms. The van der Waals surface area contributed by atoms with E-state index in [2.05, 4.69) is 16.3 Å². The molecular formula is C11H16N4O2. The highest BCUT2D eigenvalue weighted by Crippen LogP contribution is 2.18. The molecule has 0 saturated carbocycles. The Labute approximate surface area is 99.9 Å². The molecule has 1 aromatic heterocycles. The van der Waals surface area contributed by atoms with Gasteiger partial charge in [0.25, 0.3) is 0 Å². The Kier molecular flexibility index (Phi) is 3.41. The molecule has 0 atom stereocenters. The Bertz CT molecular complexity index is 438. The van der Waals surface area contributed by atoms with Crippen LogP contribution < -0.4 is 0 Å². The van der Waals surface area contributed by atoms with Crippen molar-refractivity contribution >= 4 is 11.7 Å². The van der Waals surface area contributed by atoms with E-state index in [0.29, 0.717) is 19.7 Å². The van der Waals surface area contributed by atoms with Gasteiger partial charge in [-0.15, -0.1) is 0 Å². The van der Waals surface area contributed by atoms with E-state index in [0.717, 1.165) is 17.7 Å². The summed E-state index contributed by atoms with van der Waals surface area (Å²) in [5.41, 5.74) is 1.85. The summed E-state index contributed by atoms with van der Waals surface area (Å²) in [6.07, 6.45) is 4.37. The molecule has 1 aliphatic rings. The molecule has 92 valence electrons. The second kappa shape index (κ2) is 4.99. The van der Waals surface area contributed by atoms with E-state index in [9.17, 15) is 4.79 Å². The average molecular weight is 236 g/mol. The van der Waals surface area contributed by atoms with Crippen LogP contribution in [-0.4, -0.2) is 45.7 Å². The van der Waals surface area contributed by atoms with Crippen LogP contribution in [0.4, 0.5) is 4.79 Å². The number of hydrogen-bond acceptors (Lipinski definition) is 4. The molecule has 0 fully saturated rings. The van der Waals surface area contributed by atoms with E-state index in [1.54, 1.807) is 25.1 Å². The Morgan fingerprint density at radius 2 is 2.41 bits per heavy atom. The smallest absolute Gasteiger partial charge is 0.410 e. The molecule has 2 heterocycles. The van der Waals surface area contributed by atoms with Crippen LogP contribution in [-0.2, 0) is 11.8 Å². The predicted molar refractivity (Wildman–Crippen MR) is 62.2 cm³/mol. The summed E-state index contributed by atoms with van der Waals surface area (Å²) in [7, 11) is 1.77. The van der Waals surface area contributed by atoms with Gasteiger partial charge in [0.15, 0.2) is 0 Å². The predicted octanol–water partition coefficient (Wildman–Crippen LogP) is 1.06. The summed E-state index contributed by atoms with van der Waals surface area (Å²) < 4.78 is 4.99. The summed E-state index contributed by atoms with van der Waals surface area (Å²) in [5.74, 6) is 0. The number of ether oxygens (including phenoxy) is 1. The highest BCUT2D eigenvalue weighted by atomic mass is 16.6. The molecule has 0 saturated heterocycles. The monoisotopic (exact) mass is 236 g/mol. The van der Waals surface area contributed by atoms with E-state index in [4.69, 9.17) is 4.74 Å². The van der Waals surface area contributed by atoms with Gasteiger partial charge in [0.05, 0.1) is 19.3 Å². The summed E-state index contributed by atoms with van der Waals surface area (Å²) in [6, 6.07) is 0. The maximum Gasteiger partial charge on any atom is 0.410 e. The van der Waals surface area contributed by atoms with Crippen molar-refractivity contribution in [2.45, 2.75) is 13.3 Å². The van der Waals surface area contributed by atoms with Crippen molar-refractivity contribution in [1.82, 2.24) is 19.9 Å². The highest BCUT2D eigenvalue weighted by molar-refractivity contribution is 5.73. The maximum atomic E-state index is 11.6. The second-order valence-electron chi connectivity index (χ2n) is 3.86. The van der Waals surface area contributed by atoms with Gasteiger partial charge in [-0.2, -0.15) is 15.0 Å². The second-order valence-corrected chi connectivity index (χ2v) is 3.86. The molecule has 0 bridgehead atoms. The minimum Gasteiger partial charge on any atom is -0.450 e. The lowest BCUT2D eigenvalue weighted by Crippen LogP contribution is -2.35. The van der Waals surface area contributed by atoms with Gasteiger partial charge in [0.1, 0.15) is 5.69 Å². The normalized spacial score (nSPS) is 15.6. The van der Waals surface area contributed by atoms with E-state index >= 15 is 0 Å². The molecule has 6 heteroatoms. The van der Waals surface area contributed by atoms with Crippen molar-refractivity contribution in [1.29, 1.82) is 0 Å². The van der Waals surface area contributed by atoms with E-state index in [1.165, 1.54) is 4.80 Å². The van der Waals surface area contributed by atoms with Crippen molar-refractivity contribution in [2.75, 3.05) is 19.7 Å². The standard InChI is InChI=1S/C11H16N4O2/c1-3-17-11(16)15-6-4-5-9(8-15)10-7-12-14(2)13-10/h5,7H,3-4,6,8H2,1-2H3. The highest BCUT2D eigenvalue weighted by Gasteiger charge is 2.20. The fourth-order valence-corrected chi connectivity index (χ4v) is 1.79. The molecule has 1 amide bonds. The number of aryl methyl sites for hydroxylation is 1. The van der Waals surface area contributed by atoms with Gasteiger partial charge in [-0.3, -0.25) is 0 Å². The van der Waals surface area contributed by atoms with Crippen molar-refractivity contribution in [3.63, 3.8) is 0 Å². The first-order valence-corrected chi connectivity index (χ1v) is 5.68.